The van der Waals surface area contributed by atoms with Crippen molar-refractivity contribution < 1.29 is 38.4 Å². The van der Waals surface area contributed by atoms with Crippen LogP contribution in [0.4, 0.5) is 0 Å². The highest BCUT2D eigenvalue weighted by molar-refractivity contribution is 5.83. The largest absolute Gasteiger partial charge is 0.493 e. The number of amides is 2. The summed E-state index contributed by atoms with van der Waals surface area (Å²) in [5.41, 5.74) is 11.9. The van der Waals surface area contributed by atoms with Crippen LogP contribution in [0, 0.1) is 35.0 Å². The van der Waals surface area contributed by atoms with Crippen molar-refractivity contribution in [1.82, 2.24) is 5.32 Å². The summed E-state index contributed by atoms with van der Waals surface area (Å²) < 4.78 is 22.8. The van der Waals surface area contributed by atoms with Crippen LogP contribution in [-0.2, 0) is 23.9 Å². The van der Waals surface area contributed by atoms with E-state index in [0.717, 1.165) is 5.56 Å². The van der Waals surface area contributed by atoms with Crippen LogP contribution in [0.3, 0.4) is 0 Å². The Kier molecular flexibility index (Phi) is 16.9. The molecule has 6 N–H and O–H groups in total. The number of nitrogens with one attached hydrogen (secondary N) is 1. The highest BCUT2D eigenvalue weighted by Crippen LogP contribution is 2.40. The molecule has 0 spiro atoms. The maximum absolute atomic E-state index is 13.1. The lowest BCUT2D eigenvalue weighted by Crippen LogP contribution is -2.47. The Morgan fingerprint density at radius 1 is 0.956 bits per heavy atom. The second-order valence-corrected chi connectivity index (χ2v) is 13.5. The number of ether oxygens (including phenoxy) is 4. The van der Waals surface area contributed by atoms with Crippen LogP contribution in [0.2, 0.25) is 0 Å². The first kappa shape index (κ1) is 40.1. The summed E-state index contributed by atoms with van der Waals surface area (Å²) in [4.78, 5) is 37.8. The van der Waals surface area contributed by atoms with E-state index in [9.17, 15) is 19.5 Å². The van der Waals surface area contributed by atoms with Crippen molar-refractivity contribution in [2.24, 2.45) is 46.5 Å². The Bertz CT molecular complexity index is 1080. The first-order valence-electron chi connectivity index (χ1n) is 16.0. The molecule has 1 aromatic rings. The van der Waals surface area contributed by atoms with E-state index in [1.807, 2.05) is 39.8 Å². The lowest BCUT2D eigenvalue weighted by molar-refractivity contribution is -0.158. The van der Waals surface area contributed by atoms with E-state index in [1.165, 1.54) is 0 Å². The molecular weight excluding hydrogens is 578 g/mol. The molecule has 0 aliphatic carbocycles. The molecule has 45 heavy (non-hydrogen) atoms. The van der Waals surface area contributed by atoms with Gasteiger partial charge in [0.15, 0.2) is 11.5 Å². The van der Waals surface area contributed by atoms with Crippen molar-refractivity contribution in [2.45, 2.75) is 92.9 Å². The number of primary amides is 1. The van der Waals surface area contributed by atoms with Gasteiger partial charge in [0, 0.05) is 44.6 Å². The number of carbonyl (C=O) groups excluding carboxylic acids is 3. The van der Waals surface area contributed by atoms with Gasteiger partial charge in [-0.2, -0.15) is 0 Å². The van der Waals surface area contributed by atoms with E-state index in [1.54, 1.807) is 48.0 Å². The average molecular weight is 638 g/mol. The second-order valence-electron chi connectivity index (χ2n) is 13.5. The fourth-order valence-corrected chi connectivity index (χ4v) is 4.89. The summed E-state index contributed by atoms with van der Waals surface area (Å²) in [5.74, 6) is -1.31. The highest BCUT2D eigenvalue weighted by atomic mass is 16.5. The van der Waals surface area contributed by atoms with E-state index in [4.69, 9.17) is 30.4 Å². The molecule has 0 aliphatic heterocycles. The predicted molar refractivity (Wildman–Crippen MR) is 175 cm³/mol. The smallest absolute Gasteiger partial charge is 0.308 e. The Morgan fingerprint density at radius 2 is 1.60 bits per heavy atom. The Hall–Kier alpha value is -2.89. The van der Waals surface area contributed by atoms with Gasteiger partial charge in [-0.3, -0.25) is 14.4 Å². The number of aliphatic hydroxyl groups is 1. The number of carbonyl (C=O) groups is 3. The molecule has 0 heterocycles. The number of aliphatic hydroxyl groups excluding tert-OH is 1. The van der Waals surface area contributed by atoms with Crippen molar-refractivity contribution in [1.29, 1.82) is 0 Å². The molecule has 11 heteroatoms. The molecular formula is C34H59N3O8. The first-order chi connectivity index (χ1) is 21.0. The Labute approximate surface area is 270 Å². The molecule has 5 atom stereocenters. The third-order valence-corrected chi connectivity index (χ3v) is 8.27. The number of hydrogen-bond donors (Lipinski definition) is 4. The van der Waals surface area contributed by atoms with Gasteiger partial charge < -0.3 is 40.8 Å². The summed E-state index contributed by atoms with van der Waals surface area (Å²) in [6.07, 6.45) is -0.539. The summed E-state index contributed by atoms with van der Waals surface area (Å²) >= 11 is 0. The van der Waals surface area contributed by atoms with Crippen LogP contribution >= 0.6 is 0 Å². The quantitative estimate of drug-likeness (QED) is 0.115. The van der Waals surface area contributed by atoms with Crippen LogP contribution in [-0.4, -0.2) is 69.0 Å². The predicted octanol–water partition coefficient (Wildman–Crippen LogP) is 3.99. The topological polar surface area (TPSA) is 172 Å². The second kappa shape index (κ2) is 18.9. The highest BCUT2D eigenvalue weighted by Gasteiger charge is 2.36. The van der Waals surface area contributed by atoms with Gasteiger partial charge in [0.05, 0.1) is 31.2 Å². The average Bonchev–Trinajstić information content (AvgIpc) is 2.97. The molecule has 1 rings (SSSR count). The molecule has 11 nitrogen and oxygen atoms in total. The van der Waals surface area contributed by atoms with Gasteiger partial charge in [-0.05, 0) is 56.2 Å². The summed E-state index contributed by atoms with van der Waals surface area (Å²) in [5, 5.41) is 14.1. The SMILES string of the molecule is COCCCOc1cc(C(OC(=O)C(C)C)C(C[C@H](N)[C@@H](O)CC(C(=O)NCC(C)(C)C(N)=O)C(C)C)C(C)C)ccc1OC. The lowest BCUT2D eigenvalue weighted by Gasteiger charge is -2.35. The van der Waals surface area contributed by atoms with Crippen LogP contribution in [0.1, 0.15) is 86.3 Å². The number of methoxy groups -OCH3 is 2. The number of nitrogens with two attached hydrogens (primary N) is 2. The molecule has 0 fully saturated rings. The van der Waals surface area contributed by atoms with Crippen molar-refractivity contribution in [3.8, 4) is 11.5 Å². The minimum Gasteiger partial charge on any atom is -0.493 e. The number of benzene rings is 1. The van der Waals surface area contributed by atoms with Gasteiger partial charge in [0.25, 0.3) is 0 Å². The summed E-state index contributed by atoms with van der Waals surface area (Å²) in [7, 11) is 3.20. The van der Waals surface area contributed by atoms with Gasteiger partial charge >= 0.3 is 5.97 Å². The van der Waals surface area contributed by atoms with Crippen molar-refractivity contribution >= 4 is 17.8 Å². The molecule has 0 radical (unpaired) electrons. The van der Waals surface area contributed by atoms with Crippen LogP contribution in [0.25, 0.3) is 0 Å². The van der Waals surface area contributed by atoms with Crippen molar-refractivity contribution in [3.63, 3.8) is 0 Å². The standard InChI is InChI=1S/C34H59N3O8/c1-20(2)24(17-26(35)27(38)18-25(21(3)4)31(39)37-19-34(7,8)33(36)41)30(45-32(40)22(5)6)23-12-13-28(43-10)29(16-23)44-15-11-14-42-9/h12-13,16,20-22,24-27,30,38H,11,14-15,17-19,35H2,1-10H3,(H2,36,41)(H,37,39)/t24?,25?,26-,27-,30?/m0/s1. The van der Waals surface area contributed by atoms with Gasteiger partial charge in [-0.25, -0.2) is 0 Å². The van der Waals surface area contributed by atoms with Gasteiger partial charge in [0.1, 0.15) is 6.10 Å². The maximum Gasteiger partial charge on any atom is 0.308 e. The maximum atomic E-state index is 13.1. The number of rotatable bonds is 21. The fraction of sp³-hybridized carbons (Fsp3) is 0.735. The molecule has 0 saturated heterocycles. The zero-order valence-corrected chi connectivity index (χ0v) is 29.1. The van der Waals surface area contributed by atoms with E-state index < -0.39 is 35.5 Å². The zero-order valence-electron chi connectivity index (χ0n) is 29.1. The van der Waals surface area contributed by atoms with Crippen molar-refractivity contribution in [2.75, 3.05) is 34.0 Å². The minimum absolute atomic E-state index is 0.0154. The van der Waals surface area contributed by atoms with E-state index in [0.29, 0.717) is 37.6 Å². The molecule has 258 valence electrons. The number of esters is 1. The van der Waals surface area contributed by atoms with Gasteiger partial charge in [-0.1, -0.05) is 47.6 Å². The summed E-state index contributed by atoms with van der Waals surface area (Å²) in [6, 6.07) is 4.75. The third kappa shape index (κ3) is 12.8. The van der Waals surface area contributed by atoms with E-state index >= 15 is 0 Å². The van der Waals surface area contributed by atoms with Crippen molar-refractivity contribution in [3.05, 3.63) is 23.8 Å². The van der Waals surface area contributed by atoms with Gasteiger partial charge in [0.2, 0.25) is 11.8 Å². The first-order valence-corrected chi connectivity index (χ1v) is 16.0. The monoisotopic (exact) mass is 637 g/mol. The lowest BCUT2D eigenvalue weighted by atomic mass is 9.79. The third-order valence-electron chi connectivity index (χ3n) is 8.27. The molecule has 0 aliphatic rings. The van der Waals surface area contributed by atoms with E-state index in [2.05, 4.69) is 5.32 Å². The molecule has 1 aromatic carbocycles. The minimum atomic E-state index is -1.01. The molecule has 0 bridgehead atoms. The fourth-order valence-electron chi connectivity index (χ4n) is 4.89. The molecule has 2 amide bonds. The van der Waals surface area contributed by atoms with Gasteiger partial charge in [-0.15, -0.1) is 0 Å². The molecule has 3 unspecified atom stereocenters. The van der Waals surface area contributed by atoms with Crippen LogP contribution < -0.4 is 26.3 Å². The Morgan fingerprint density at radius 3 is 2.11 bits per heavy atom. The van der Waals surface area contributed by atoms with Crippen LogP contribution in [0.5, 0.6) is 11.5 Å². The Balaban J connectivity index is 3.28. The van der Waals surface area contributed by atoms with Crippen LogP contribution in [0.15, 0.2) is 18.2 Å². The molecule has 0 aromatic heterocycles. The number of hydrogen-bond acceptors (Lipinski definition) is 9. The zero-order chi connectivity index (χ0) is 34.5. The van der Waals surface area contributed by atoms with E-state index in [-0.39, 0.29) is 48.5 Å². The normalized spacial score (nSPS) is 15.4. The molecule has 0 saturated carbocycles. The summed E-state index contributed by atoms with van der Waals surface area (Å²) in [6.45, 7) is 15.8.